The minimum Gasteiger partial charge on any atom is -0.312 e. The Labute approximate surface area is 100 Å². The summed E-state index contributed by atoms with van der Waals surface area (Å²) in [5.41, 5.74) is 3.29. The summed E-state index contributed by atoms with van der Waals surface area (Å²) >= 11 is 5.84. The molecule has 0 aromatic heterocycles. The zero-order valence-corrected chi connectivity index (χ0v) is 9.41. The molecule has 0 amide bonds. The molecule has 0 aliphatic carbocycles. The lowest BCUT2D eigenvalue weighted by molar-refractivity contribution is 1.27. The molecule has 0 heterocycles. The predicted molar refractivity (Wildman–Crippen MR) is 67.2 cm³/mol. The van der Waals surface area contributed by atoms with Crippen LogP contribution in [0.25, 0.3) is 16.0 Å². The van der Waals surface area contributed by atoms with Crippen molar-refractivity contribution in [1.29, 1.82) is 0 Å². The average Bonchev–Trinajstić information content (AvgIpc) is 2.31. The highest BCUT2D eigenvalue weighted by Gasteiger charge is 2.00. The molecule has 2 aromatic carbocycles. The number of nitrogens with zero attached hydrogens (tertiary/aromatic N) is 1. The first-order valence-corrected chi connectivity index (χ1v) is 5.35. The van der Waals surface area contributed by atoms with Gasteiger partial charge in [0.05, 0.1) is 0 Å². The maximum absolute atomic E-state index is 6.85. The molecule has 0 atom stereocenters. The average molecular weight is 228 g/mol. The van der Waals surface area contributed by atoms with E-state index in [4.69, 9.17) is 18.2 Å². The van der Waals surface area contributed by atoms with Gasteiger partial charge in [0.25, 0.3) is 0 Å². The molecule has 2 rings (SSSR count). The van der Waals surface area contributed by atoms with Crippen LogP contribution in [0.15, 0.2) is 48.5 Å². The van der Waals surface area contributed by atoms with Gasteiger partial charge in [0.1, 0.15) is 0 Å². The monoisotopic (exact) mass is 227 g/mol. The molecule has 0 bridgehead atoms. The second kappa shape index (κ2) is 4.83. The van der Waals surface area contributed by atoms with Crippen LogP contribution in [0.1, 0.15) is 5.56 Å². The van der Waals surface area contributed by atoms with Crippen molar-refractivity contribution in [3.63, 3.8) is 0 Å². The van der Waals surface area contributed by atoms with Gasteiger partial charge in [0, 0.05) is 10.6 Å². The summed E-state index contributed by atoms with van der Waals surface area (Å²) in [6.07, 6.45) is 0. The van der Waals surface area contributed by atoms with E-state index >= 15 is 0 Å². The Morgan fingerprint density at radius 1 is 1.00 bits per heavy atom. The van der Waals surface area contributed by atoms with E-state index in [0.717, 1.165) is 21.7 Å². The van der Waals surface area contributed by atoms with Crippen LogP contribution in [-0.4, -0.2) is 0 Å². The molecule has 0 aliphatic rings. The summed E-state index contributed by atoms with van der Waals surface area (Å²) in [6.45, 7) is 7.28. The first-order valence-electron chi connectivity index (χ1n) is 4.98. The van der Waals surface area contributed by atoms with E-state index in [9.17, 15) is 0 Å². The van der Waals surface area contributed by atoms with E-state index in [1.165, 1.54) is 0 Å². The highest BCUT2D eigenvalue weighted by atomic mass is 35.5. The summed E-state index contributed by atoms with van der Waals surface area (Å²) in [6, 6.07) is 15.7. The third-order valence-corrected chi connectivity index (χ3v) is 2.62. The van der Waals surface area contributed by atoms with Gasteiger partial charge in [-0.1, -0.05) is 41.9 Å². The van der Waals surface area contributed by atoms with Crippen molar-refractivity contribution < 1.29 is 0 Å². The van der Waals surface area contributed by atoms with Crippen LogP contribution in [0.4, 0.5) is 0 Å². The Balaban J connectivity index is 2.37. The smallest absolute Gasteiger partial charge is 0.239 e. The molecule has 2 aromatic rings. The fourth-order valence-electron chi connectivity index (χ4n) is 1.58. The summed E-state index contributed by atoms with van der Waals surface area (Å²) < 4.78 is 0. The maximum atomic E-state index is 6.85. The summed E-state index contributed by atoms with van der Waals surface area (Å²) in [7, 11) is 0. The fourth-order valence-corrected chi connectivity index (χ4v) is 1.71. The van der Waals surface area contributed by atoms with Crippen molar-refractivity contribution in [2.45, 2.75) is 6.54 Å². The summed E-state index contributed by atoms with van der Waals surface area (Å²) in [5, 5.41) is 0.737. The molecule has 78 valence electrons. The number of hydrogen-bond donors (Lipinski definition) is 0. The SMILES string of the molecule is [C-]#[N+]Cc1cccc(-c2ccc(Cl)cc2)c1. The molecule has 0 unspecified atom stereocenters. The number of hydrogen-bond acceptors (Lipinski definition) is 0. The molecule has 0 spiro atoms. The van der Waals surface area contributed by atoms with Gasteiger partial charge in [-0.15, -0.1) is 0 Å². The first-order chi connectivity index (χ1) is 7.79. The Bertz CT molecular complexity index is 523. The second-order valence-corrected chi connectivity index (χ2v) is 3.96. The van der Waals surface area contributed by atoms with Gasteiger partial charge in [0.15, 0.2) is 0 Å². The van der Waals surface area contributed by atoms with Crippen LogP contribution in [-0.2, 0) is 6.54 Å². The lowest BCUT2D eigenvalue weighted by atomic mass is 10.0. The maximum Gasteiger partial charge on any atom is 0.239 e. The van der Waals surface area contributed by atoms with Gasteiger partial charge in [-0.2, -0.15) is 0 Å². The Morgan fingerprint density at radius 2 is 1.75 bits per heavy atom. The molecule has 2 heteroatoms. The third kappa shape index (κ3) is 2.42. The summed E-state index contributed by atoms with van der Waals surface area (Å²) in [4.78, 5) is 3.38. The van der Waals surface area contributed by atoms with Crippen molar-refractivity contribution in [2.75, 3.05) is 0 Å². The van der Waals surface area contributed by atoms with Crippen LogP contribution >= 0.6 is 11.6 Å². The molecule has 0 saturated heterocycles. The van der Waals surface area contributed by atoms with E-state index in [0.29, 0.717) is 6.54 Å². The van der Waals surface area contributed by atoms with E-state index in [1.807, 2.05) is 48.5 Å². The van der Waals surface area contributed by atoms with Gasteiger partial charge in [-0.05, 0) is 29.3 Å². The number of rotatable bonds is 2. The lowest BCUT2D eigenvalue weighted by Crippen LogP contribution is -1.82. The Morgan fingerprint density at radius 3 is 2.44 bits per heavy atom. The van der Waals surface area contributed by atoms with Crippen LogP contribution in [0, 0.1) is 6.57 Å². The van der Waals surface area contributed by atoms with E-state index in [2.05, 4.69) is 4.85 Å². The van der Waals surface area contributed by atoms with Crippen molar-refractivity contribution in [1.82, 2.24) is 0 Å². The van der Waals surface area contributed by atoms with Crippen molar-refractivity contribution in [2.24, 2.45) is 0 Å². The van der Waals surface area contributed by atoms with Gasteiger partial charge in [-0.25, -0.2) is 6.57 Å². The Hall–Kier alpha value is -1.78. The molecule has 0 N–H and O–H groups in total. The van der Waals surface area contributed by atoms with Crippen LogP contribution in [0.5, 0.6) is 0 Å². The standard InChI is InChI=1S/C14H10ClN/c1-16-10-11-3-2-4-13(9-11)12-5-7-14(15)8-6-12/h2-9H,10H2. The molecule has 0 fully saturated rings. The third-order valence-electron chi connectivity index (χ3n) is 2.37. The summed E-state index contributed by atoms with van der Waals surface area (Å²) in [5.74, 6) is 0. The highest BCUT2D eigenvalue weighted by Crippen LogP contribution is 2.22. The zero-order valence-electron chi connectivity index (χ0n) is 8.65. The quantitative estimate of drug-likeness (QED) is 0.669. The van der Waals surface area contributed by atoms with E-state index < -0.39 is 0 Å². The van der Waals surface area contributed by atoms with Crippen molar-refractivity contribution >= 4 is 11.6 Å². The number of halogens is 1. The van der Waals surface area contributed by atoms with Crippen LogP contribution < -0.4 is 0 Å². The van der Waals surface area contributed by atoms with Gasteiger partial charge in [-0.3, -0.25) is 0 Å². The fraction of sp³-hybridized carbons (Fsp3) is 0.0714. The molecule has 0 saturated carbocycles. The van der Waals surface area contributed by atoms with Crippen molar-refractivity contribution in [3.05, 3.63) is 70.5 Å². The van der Waals surface area contributed by atoms with Gasteiger partial charge >= 0.3 is 0 Å². The molecular weight excluding hydrogens is 218 g/mol. The molecule has 0 aliphatic heterocycles. The molecule has 0 radical (unpaired) electrons. The zero-order chi connectivity index (χ0) is 11.4. The van der Waals surface area contributed by atoms with Gasteiger partial charge in [0.2, 0.25) is 6.54 Å². The van der Waals surface area contributed by atoms with E-state index in [1.54, 1.807) is 0 Å². The highest BCUT2D eigenvalue weighted by molar-refractivity contribution is 6.30. The molecular formula is C14H10ClN. The largest absolute Gasteiger partial charge is 0.312 e. The molecule has 16 heavy (non-hydrogen) atoms. The van der Waals surface area contributed by atoms with Crippen molar-refractivity contribution in [3.8, 4) is 11.1 Å². The predicted octanol–water partition coefficient (Wildman–Crippen LogP) is 4.43. The topological polar surface area (TPSA) is 4.36 Å². The number of benzene rings is 2. The van der Waals surface area contributed by atoms with Gasteiger partial charge < -0.3 is 4.85 Å². The van der Waals surface area contributed by atoms with Crippen LogP contribution in [0.3, 0.4) is 0 Å². The second-order valence-electron chi connectivity index (χ2n) is 3.52. The first kappa shape index (κ1) is 10.7. The lowest BCUT2D eigenvalue weighted by Gasteiger charge is -2.02. The Kier molecular flexibility index (Phi) is 3.24. The minimum absolute atomic E-state index is 0.432. The van der Waals surface area contributed by atoms with Crippen LogP contribution in [0.2, 0.25) is 5.02 Å². The molecule has 1 nitrogen and oxygen atoms in total. The van der Waals surface area contributed by atoms with E-state index in [-0.39, 0.29) is 0 Å². The minimum atomic E-state index is 0.432. The normalized spacial score (nSPS) is 9.75.